The number of benzene rings is 2. The molecule has 1 aliphatic heterocycles. The summed E-state index contributed by atoms with van der Waals surface area (Å²) in [5.41, 5.74) is -0.0202. The predicted octanol–water partition coefficient (Wildman–Crippen LogP) is 3.62. The number of carbonyl (C=O) groups is 3. The number of esters is 1. The van der Waals surface area contributed by atoms with E-state index >= 15 is 0 Å². The lowest BCUT2D eigenvalue weighted by Gasteiger charge is -2.41. The summed E-state index contributed by atoms with van der Waals surface area (Å²) in [4.78, 5) is 39.4. The van der Waals surface area contributed by atoms with Crippen LogP contribution in [0.15, 0.2) is 53.4 Å². The van der Waals surface area contributed by atoms with Gasteiger partial charge in [0.25, 0.3) is 5.91 Å². The van der Waals surface area contributed by atoms with E-state index in [0.29, 0.717) is 17.1 Å². The molecule has 2 aromatic carbocycles. The third-order valence-electron chi connectivity index (χ3n) is 4.50. The number of anilines is 2. The molecule has 29 heavy (non-hydrogen) atoms. The second kappa shape index (κ2) is 8.65. The molecule has 0 radical (unpaired) electrons. The van der Waals surface area contributed by atoms with Crippen LogP contribution in [0.3, 0.4) is 0 Å². The topological polar surface area (TPSA) is 75.7 Å². The number of rotatable bonds is 6. The van der Waals surface area contributed by atoms with Gasteiger partial charge >= 0.3 is 5.97 Å². The summed E-state index contributed by atoms with van der Waals surface area (Å²) in [6.45, 7) is 2.82. The third-order valence-corrected chi connectivity index (χ3v) is 5.52. The smallest absolute Gasteiger partial charge is 0.307 e. The van der Waals surface area contributed by atoms with Gasteiger partial charge in [-0.3, -0.25) is 19.3 Å². The first-order valence-electron chi connectivity index (χ1n) is 9.06. The van der Waals surface area contributed by atoms with Crippen LogP contribution in [0.5, 0.6) is 0 Å². The maximum Gasteiger partial charge on any atom is 0.307 e. The van der Waals surface area contributed by atoms with Gasteiger partial charge in [-0.2, -0.15) is 0 Å². The van der Waals surface area contributed by atoms with Gasteiger partial charge < -0.3 is 10.1 Å². The zero-order valence-electron chi connectivity index (χ0n) is 16.1. The van der Waals surface area contributed by atoms with Crippen LogP contribution in [0, 0.1) is 5.82 Å². The molecule has 0 aliphatic carbocycles. The van der Waals surface area contributed by atoms with Crippen LogP contribution in [0.2, 0.25) is 0 Å². The normalized spacial score (nSPS) is 14.7. The molecule has 2 amide bonds. The monoisotopic (exact) mass is 416 g/mol. The van der Waals surface area contributed by atoms with Gasteiger partial charge in [-0.05, 0) is 50.2 Å². The standard InChI is InChI=1S/C21H21FN2O4S/c1-21(2)20(27)23-16-5-3-4-6-17(16)24(21)18(25)13-28-19(26)11-12-29-15-9-7-14(22)8-10-15/h3-10H,11-13H2,1-2H3,(H,23,27). The molecule has 0 fully saturated rings. The second-order valence-electron chi connectivity index (χ2n) is 6.97. The highest BCUT2D eigenvalue weighted by Gasteiger charge is 2.43. The number of ether oxygens (including phenoxy) is 1. The average Bonchev–Trinajstić information content (AvgIpc) is 2.68. The Morgan fingerprint density at radius 1 is 1.14 bits per heavy atom. The van der Waals surface area contributed by atoms with Crippen molar-refractivity contribution < 1.29 is 23.5 Å². The van der Waals surface area contributed by atoms with E-state index in [1.807, 2.05) is 0 Å². The summed E-state index contributed by atoms with van der Waals surface area (Å²) in [5.74, 6) is -1.17. The van der Waals surface area contributed by atoms with Crippen molar-refractivity contribution in [3.63, 3.8) is 0 Å². The van der Waals surface area contributed by atoms with Crippen molar-refractivity contribution in [1.29, 1.82) is 0 Å². The Morgan fingerprint density at radius 3 is 2.55 bits per heavy atom. The zero-order chi connectivity index (χ0) is 21.0. The van der Waals surface area contributed by atoms with E-state index in [1.54, 1.807) is 50.2 Å². The average molecular weight is 416 g/mol. The molecular formula is C21H21FN2O4S. The Bertz CT molecular complexity index is 931. The van der Waals surface area contributed by atoms with Gasteiger partial charge in [-0.1, -0.05) is 12.1 Å². The molecule has 8 heteroatoms. The van der Waals surface area contributed by atoms with Crippen LogP contribution in [-0.2, 0) is 19.1 Å². The van der Waals surface area contributed by atoms with E-state index in [0.717, 1.165) is 4.90 Å². The molecule has 6 nitrogen and oxygen atoms in total. The van der Waals surface area contributed by atoms with Crippen molar-refractivity contribution in [2.75, 3.05) is 22.6 Å². The molecule has 0 spiro atoms. The van der Waals surface area contributed by atoms with Crippen LogP contribution in [0.25, 0.3) is 0 Å². The Morgan fingerprint density at radius 2 is 1.83 bits per heavy atom. The molecule has 1 aliphatic rings. The lowest BCUT2D eigenvalue weighted by Crippen LogP contribution is -2.59. The summed E-state index contributed by atoms with van der Waals surface area (Å²) in [7, 11) is 0. The fraction of sp³-hybridized carbons (Fsp3) is 0.286. The fourth-order valence-electron chi connectivity index (χ4n) is 2.96. The number of fused-ring (bicyclic) bond motifs is 1. The Kier molecular flexibility index (Phi) is 6.22. The second-order valence-corrected chi connectivity index (χ2v) is 8.14. The highest BCUT2D eigenvalue weighted by Crippen LogP contribution is 2.36. The summed E-state index contributed by atoms with van der Waals surface area (Å²) in [6, 6.07) is 13.0. The van der Waals surface area contributed by atoms with Gasteiger partial charge in [-0.15, -0.1) is 11.8 Å². The van der Waals surface area contributed by atoms with Gasteiger partial charge in [0.2, 0.25) is 5.91 Å². The van der Waals surface area contributed by atoms with E-state index < -0.39 is 24.0 Å². The summed E-state index contributed by atoms with van der Waals surface area (Å²) in [6.07, 6.45) is 0.107. The highest BCUT2D eigenvalue weighted by molar-refractivity contribution is 7.99. The maximum absolute atomic E-state index is 12.9. The van der Waals surface area contributed by atoms with Crippen molar-refractivity contribution in [3.05, 3.63) is 54.3 Å². The summed E-state index contributed by atoms with van der Waals surface area (Å²) < 4.78 is 18.0. The van der Waals surface area contributed by atoms with Gasteiger partial charge in [-0.25, -0.2) is 4.39 Å². The molecule has 2 aromatic rings. The van der Waals surface area contributed by atoms with Gasteiger partial charge in [0.1, 0.15) is 11.4 Å². The van der Waals surface area contributed by atoms with Crippen molar-refractivity contribution in [2.45, 2.75) is 30.7 Å². The number of amides is 2. The SMILES string of the molecule is CC1(C)C(=O)Nc2ccccc2N1C(=O)COC(=O)CCSc1ccc(F)cc1. The minimum absolute atomic E-state index is 0.107. The molecule has 1 heterocycles. The van der Waals surface area contributed by atoms with E-state index in [9.17, 15) is 18.8 Å². The van der Waals surface area contributed by atoms with Crippen LogP contribution >= 0.6 is 11.8 Å². The van der Waals surface area contributed by atoms with Crippen molar-refractivity contribution >= 4 is 40.9 Å². The predicted molar refractivity (Wildman–Crippen MR) is 109 cm³/mol. The van der Waals surface area contributed by atoms with Crippen LogP contribution in [0.4, 0.5) is 15.8 Å². The Hall–Kier alpha value is -2.87. The fourth-order valence-corrected chi connectivity index (χ4v) is 3.79. The minimum Gasteiger partial charge on any atom is -0.456 e. The van der Waals surface area contributed by atoms with Crippen molar-refractivity contribution in [1.82, 2.24) is 0 Å². The number of hydrogen-bond acceptors (Lipinski definition) is 5. The third kappa shape index (κ3) is 4.76. The van der Waals surface area contributed by atoms with Crippen LogP contribution in [-0.4, -0.2) is 35.7 Å². The first-order chi connectivity index (χ1) is 13.8. The quantitative estimate of drug-likeness (QED) is 0.575. The molecular weight excluding hydrogens is 395 g/mol. The van der Waals surface area contributed by atoms with E-state index in [2.05, 4.69) is 5.32 Å². The van der Waals surface area contributed by atoms with E-state index in [4.69, 9.17) is 4.74 Å². The lowest BCUT2D eigenvalue weighted by molar-refractivity contribution is -0.147. The van der Waals surface area contributed by atoms with E-state index in [1.165, 1.54) is 28.8 Å². The van der Waals surface area contributed by atoms with Gasteiger partial charge in [0, 0.05) is 10.6 Å². The number of para-hydroxylation sites is 2. The largest absolute Gasteiger partial charge is 0.456 e. The molecule has 0 aromatic heterocycles. The first-order valence-corrected chi connectivity index (χ1v) is 10.0. The minimum atomic E-state index is -1.11. The molecule has 0 unspecified atom stereocenters. The van der Waals surface area contributed by atoms with Crippen molar-refractivity contribution in [3.8, 4) is 0 Å². The number of nitrogens with zero attached hydrogens (tertiary/aromatic N) is 1. The molecule has 0 bridgehead atoms. The van der Waals surface area contributed by atoms with Crippen molar-refractivity contribution in [2.24, 2.45) is 0 Å². The molecule has 3 rings (SSSR count). The first kappa shape index (κ1) is 20.9. The molecule has 0 saturated carbocycles. The van der Waals surface area contributed by atoms with E-state index in [-0.39, 0.29) is 18.1 Å². The number of hydrogen-bond donors (Lipinski definition) is 1. The lowest BCUT2D eigenvalue weighted by atomic mass is 9.96. The zero-order valence-corrected chi connectivity index (χ0v) is 16.9. The molecule has 0 saturated heterocycles. The van der Waals surface area contributed by atoms with Crippen LogP contribution < -0.4 is 10.2 Å². The number of halogens is 1. The summed E-state index contributed by atoms with van der Waals surface area (Å²) >= 11 is 1.39. The number of carbonyl (C=O) groups excluding carboxylic acids is 3. The molecule has 1 N–H and O–H groups in total. The Labute approximate surface area is 172 Å². The number of thioether (sulfide) groups is 1. The number of nitrogens with one attached hydrogen (secondary N) is 1. The van der Waals surface area contributed by atoms with Gasteiger partial charge in [0.15, 0.2) is 6.61 Å². The Balaban J connectivity index is 1.56. The van der Waals surface area contributed by atoms with Gasteiger partial charge in [0.05, 0.1) is 17.8 Å². The molecule has 152 valence electrons. The summed E-state index contributed by atoms with van der Waals surface area (Å²) in [5, 5.41) is 2.78. The molecule has 0 atom stereocenters. The maximum atomic E-state index is 12.9. The van der Waals surface area contributed by atoms with Crippen LogP contribution in [0.1, 0.15) is 20.3 Å². The highest BCUT2D eigenvalue weighted by atomic mass is 32.2.